The van der Waals surface area contributed by atoms with Crippen LogP contribution in [0, 0.1) is 0 Å². The molecule has 0 saturated carbocycles. The van der Waals surface area contributed by atoms with Gasteiger partial charge in [-0.3, -0.25) is 0 Å². The molecule has 0 aliphatic carbocycles. The van der Waals surface area contributed by atoms with Crippen molar-refractivity contribution in [3.05, 3.63) is 77.4 Å². The topological polar surface area (TPSA) is 78.0 Å². The number of nitrogens with zero attached hydrogens (tertiary/aromatic N) is 2. The lowest BCUT2D eigenvalue weighted by atomic mass is 10.2. The molecule has 0 spiro atoms. The molecule has 11 heteroatoms. The van der Waals surface area contributed by atoms with Crippen LogP contribution >= 0.6 is 22.9 Å². The molecule has 2 aromatic carbocycles. The minimum atomic E-state index is -4.63. The second-order valence-electron chi connectivity index (χ2n) is 6.51. The van der Waals surface area contributed by atoms with Crippen molar-refractivity contribution < 1.29 is 21.6 Å². The maximum absolute atomic E-state index is 13.4. The van der Waals surface area contributed by atoms with Crippen molar-refractivity contribution in [3.63, 3.8) is 0 Å². The Bertz CT molecular complexity index is 1380. The molecule has 0 radical (unpaired) electrons. The largest absolute Gasteiger partial charge is 0.435 e. The average molecular weight is 484 g/mol. The summed E-state index contributed by atoms with van der Waals surface area (Å²) < 4.78 is 64.5. The van der Waals surface area contributed by atoms with Crippen LogP contribution in [0.1, 0.15) is 5.69 Å². The van der Waals surface area contributed by atoms with Crippen molar-refractivity contribution >= 4 is 33.0 Å². The molecule has 160 valence electrons. The van der Waals surface area contributed by atoms with Crippen LogP contribution in [0.3, 0.4) is 0 Å². The Morgan fingerprint density at radius 1 is 0.968 bits per heavy atom. The van der Waals surface area contributed by atoms with Crippen molar-refractivity contribution in [1.29, 1.82) is 0 Å². The van der Waals surface area contributed by atoms with E-state index in [0.717, 1.165) is 10.7 Å². The van der Waals surface area contributed by atoms with Gasteiger partial charge in [-0.15, -0.1) is 11.3 Å². The van der Waals surface area contributed by atoms with Gasteiger partial charge < -0.3 is 0 Å². The first kappa shape index (κ1) is 21.6. The summed E-state index contributed by atoms with van der Waals surface area (Å²) in [6.45, 7) is 0. The van der Waals surface area contributed by atoms with Crippen molar-refractivity contribution in [2.45, 2.75) is 11.1 Å². The van der Waals surface area contributed by atoms with Gasteiger partial charge in [0.05, 0.1) is 26.2 Å². The maximum Gasteiger partial charge on any atom is 0.435 e. The fourth-order valence-corrected chi connectivity index (χ4v) is 4.74. The van der Waals surface area contributed by atoms with Gasteiger partial charge >= 0.3 is 6.18 Å². The van der Waals surface area contributed by atoms with E-state index in [9.17, 15) is 21.6 Å². The number of benzene rings is 2. The Kier molecular flexibility index (Phi) is 5.42. The SMILES string of the molecule is NS(=O)(=O)c1cccc(-c2ccc(-c3cc(C(F)(F)F)nn3-c3ccccc3Cl)s2)c1. The number of rotatable bonds is 4. The van der Waals surface area contributed by atoms with Gasteiger partial charge in [0.25, 0.3) is 0 Å². The minimum absolute atomic E-state index is 0.0552. The number of thiophene rings is 1. The van der Waals surface area contributed by atoms with E-state index in [1.165, 1.54) is 23.5 Å². The fraction of sp³-hybridized carbons (Fsp3) is 0.0500. The highest BCUT2D eigenvalue weighted by molar-refractivity contribution is 7.89. The fourth-order valence-electron chi connectivity index (χ4n) is 2.96. The van der Waals surface area contributed by atoms with Crippen LogP contribution in [0.5, 0.6) is 0 Å². The summed E-state index contributed by atoms with van der Waals surface area (Å²) in [5.74, 6) is 0. The summed E-state index contributed by atoms with van der Waals surface area (Å²) in [7, 11) is -3.89. The maximum atomic E-state index is 13.4. The predicted octanol–water partition coefficient (Wildman–Crippen LogP) is 5.59. The molecule has 0 fully saturated rings. The number of para-hydroxylation sites is 1. The molecule has 0 atom stereocenters. The first-order valence-corrected chi connectivity index (χ1v) is 11.4. The molecule has 0 aliphatic heterocycles. The molecule has 31 heavy (non-hydrogen) atoms. The molecule has 0 unspecified atom stereocenters. The molecule has 0 bridgehead atoms. The van der Waals surface area contributed by atoms with E-state index >= 15 is 0 Å². The zero-order valence-electron chi connectivity index (χ0n) is 15.5. The van der Waals surface area contributed by atoms with E-state index in [4.69, 9.17) is 16.7 Å². The van der Waals surface area contributed by atoms with E-state index < -0.39 is 21.9 Å². The molecule has 5 nitrogen and oxygen atoms in total. The lowest BCUT2D eigenvalue weighted by Gasteiger charge is -2.08. The molecule has 4 rings (SSSR count). The Balaban J connectivity index is 1.84. The third-order valence-electron chi connectivity index (χ3n) is 4.39. The third-order valence-corrected chi connectivity index (χ3v) is 6.77. The van der Waals surface area contributed by atoms with Crippen molar-refractivity contribution in [2.75, 3.05) is 0 Å². The zero-order valence-corrected chi connectivity index (χ0v) is 17.9. The summed E-state index contributed by atoms with van der Waals surface area (Å²) in [5.41, 5.74) is 0.0383. The summed E-state index contributed by atoms with van der Waals surface area (Å²) in [5, 5.41) is 9.17. The summed E-state index contributed by atoms with van der Waals surface area (Å²) in [4.78, 5) is 1.10. The summed E-state index contributed by atoms with van der Waals surface area (Å²) in [6, 6.07) is 16.8. The first-order chi connectivity index (χ1) is 14.5. The van der Waals surface area contributed by atoms with Gasteiger partial charge in [0.2, 0.25) is 10.0 Å². The molecule has 2 aromatic heterocycles. The molecule has 2 heterocycles. The van der Waals surface area contributed by atoms with Gasteiger partial charge in [0, 0.05) is 4.88 Å². The van der Waals surface area contributed by atoms with Crippen LogP contribution < -0.4 is 5.14 Å². The highest BCUT2D eigenvalue weighted by Gasteiger charge is 2.35. The normalized spacial score (nSPS) is 12.3. The van der Waals surface area contributed by atoms with Gasteiger partial charge in [-0.2, -0.15) is 18.3 Å². The Morgan fingerprint density at radius 3 is 2.35 bits per heavy atom. The molecule has 2 N–H and O–H groups in total. The number of nitrogens with two attached hydrogens (primary N) is 1. The van der Waals surface area contributed by atoms with Gasteiger partial charge in [-0.25, -0.2) is 18.2 Å². The van der Waals surface area contributed by atoms with E-state index in [-0.39, 0.29) is 15.6 Å². The highest BCUT2D eigenvalue weighted by Crippen LogP contribution is 2.39. The predicted molar refractivity (Wildman–Crippen MR) is 114 cm³/mol. The Hall–Kier alpha value is -2.66. The minimum Gasteiger partial charge on any atom is -0.230 e. The van der Waals surface area contributed by atoms with E-state index in [1.807, 2.05) is 0 Å². The number of primary sulfonamides is 1. The Morgan fingerprint density at radius 2 is 1.68 bits per heavy atom. The zero-order chi connectivity index (χ0) is 22.4. The van der Waals surface area contributed by atoms with E-state index in [1.54, 1.807) is 48.5 Å². The monoisotopic (exact) mass is 483 g/mol. The molecule has 0 amide bonds. The van der Waals surface area contributed by atoms with Gasteiger partial charge in [0.1, 0.15) is 0 Å². The Labute approximate surface area is 184 Å². The van der Waals surface area contributed by atoms with E-state index in [0.29, 0.717) is 21.0 Å². The van der Waals surface area contributed by atoms with Gasteiger partial charge in [-0.05, 0) is 48.0 Å². The third kappa shape index (κ3) is 4.38. The lowest BCUT2D eigenvalue weighted by Crippen LogP contribution is -2.11. The number of sulfonamides is 1. The molecular formula is C20H13ClF3N3O2S2. The van der Waals surface area contributed by atoms with Crippen molar-refractivity contribution in [2.24, 2.45) is 5.14 Å². The van der Waals surface area contributed by atoms with Crippen molar-refractivity contribution in [1.82, 2.24) is 9.78 Å². The first-order valence-electron chi connectivity index (χ1n) is 8.69. The second kappa shape index (κ2) is 7.79. The van der Waals surface area contributed by atoms with Gasteiger partial charge in [0.15, 0.2) is 5.69 Å². The molecule has 0 saturated heterocycles. The standard InChI is InChI=1S/C20H13ClF3N3O2S2/c21-14-6-1-2-7-15(14)27-16(11-19(26-27)20(22,23)24)18-9-8-17(30-18)12-4-3-5-13(10-12)31(25,28)29/h1-11H,(H2,25,28,29). The van der Waals surface area contributed by atoms with Crippen LogP contribution in [0.4, 0.5) is 13.2 Å². The van der Waals surface area contributed by atoms with Crippen LogP contribution in [-0.2, 0) is 16.2 Å². The molecule has 4 aromatic rings. The highest BCUT2D eigenvalue weighted by atomic mass is 35.5. The molecular weight excluding hydrogens is 471 g/mol. The summed E-state index contributed by atoms with van der Waals surface area (Å²) in [6.07, 6.45) is -4.63. The van der Waals surface area contributed by atoms with Crippen LogP contribution in [0.25, 0.3) is 26.7 Å². The average Bonchev–Trinajstić information content (AvgIpc) is 3.35. The number of aromatic nitrogens is 2. The number of hydrogen-bond acceptors (Lipinski definition) is 4. The summed E-state index contributed by atoms with van der Waals surface area (Å²) >= 11 is 7.39. The second-order valence-corrected chi connectivity index (χ2v) is 9.56. The number of halogens is 4. The van der Waals surface area contributed by atoms with Crippen LogP contribution in [0.2, 0.25) is 5.02 Å². The lowest BCUT2D eigenvalue weighted by molar-refractivity contribution is -0.141. The quantitative estimate of drug-likeness (QED) is 0.411. The van der Waals surface area contributed by atoms with Crippen molar-refractivity contribution in [3.8, 4) is 26.7 Å². The molecule has 0 aliphatic rings. The van der Waals surface area contributed by atoms with Gasteiger partial charge in [-0.1, -0.05) is 35.9 Å². The van der Waals surface area contributed by atoms with Crippen LogP contribution in [0.15, 0.2) is 71.6 Å². The smallest absolute Gasteiger partial charge is 0.230 e. The number of alkyl halides is 3. The van der Waals surface area contributed by atoms with Crippen LogP contribution in [-0.4, -0.2) is 18.2 Å². The van der Waals surface area contributed by atoms with E-state index in [2.05, 4.69) is 5.10 Å². The number of hydrogen-bond donors (Lipinski definition) is 1.